The van der Waals surface area contributed by atoms with E-state index in [9.17, 15) is 18.4 Å². The number of nitrogens with zero attached hydrogens (tertiary/aromatic N) is 1. The van der Waals surface area contributed by atoms with Gasteiger partial charge in [0.2, 0.25) is 0 Å². The summed E-state index contributed by atoms with van der Waals surface area (Å²) < 4.78 is 26.8. The highest BCUT2D eigenvalue weighted by molar-refractivity contribution is 6.34. The second kappa shape index (κ2) is 5.84. The van der Waals surface area contributed by atoms with Crippen LogP contribution in [0.3, 0.4) is 0 Å². The number of carbonyl (C=O) groups excluding carboxylic acids is 1. The Hall–Kier alpha value is -2.54. The zero-order chi connectivity index (χ0) is 15.6. The van der Waals surface area contributed by atoms with Gasteiger partial charge in [-0.1, -0.05) is 11.6 Å². The molecule has 0 spiro atoms. The minimum Gasteiger partial charge on any atom is -0.478 e. The van der Waals surface area contributed by atoms with Gasteiger partial charge in [0.15, 0.2) is 0 Å². The number of carboxylic acid groups (broad SMARTS) is 1. The number of aromatic nitrogens is 1. The van der Waals surface area contributed by atoms with Crippen molar-refractivity contribution in [3.05, 3.63) is 58.4 Å². The third kappa shape index (κ3) is 3.14. The van der Waals surface area contributed by atoms with Gasteiger partial charge in [0.05, 0.1) is 21.8 Å². The van der Waals surface area contributed by atoms with Crippen LogP contribution in [0, 0.1) is 11.6 Å². The first-order chi connectivity index (χ1) is 9.90. The SMILES string of the molecule is O=C(O)c1cc(NC(=O)c2cnccc2Cl)c(F)cc1F. The Morgan fingerprint density at radius 1 is 1.19 bits per heavy atom. The predicted molar refractivity (Wildman–Crippen MR) is 70.5 cm³/mol. The summed E-state index contributed by atoms with van der Waals surface area (Å²) in [6.07, 6.45) is 2.53. The number of anilines is 1. The zero-order valence-electron chi connectivity index (χ0n) is 10.2. The van der Waals surface area contributed by atoms with Gasteiger partial charge < -0.3 is 10.4 Å². The zero-order valence-corrected chi connectivity index (χ0v) is 11.0. The average molecular weight is 313 g/mol. The number of hydrogen-bond donors (Lipinski definition) is 2. The molecule has 1 aromatic heterocycles. The second-order valence-corrected chi connectivity index (χ2v) is 4.33. The summed E-state index contributed by atoms with van der Waals surface area (Å²) in [6.45, 7) is 0. The van der Waals surface area contributed by atoms with Crippen LogP contribution in [0.2, 0.25) is 5.02 Å². The van der Waals surface area contributed by atoms with Crippen LogP contribution in [0.5, 0.6) is 0 Å². The highest BCUT2D eigenvalue weighted by atomic mass is 35.5. The maximum Gasteiger partial charge on any atom is 0.338 e. The van der Waals surface area contributed by atoms with Gasteiger partial charge in [-0.05, 0) is 12.1 Å². The highest BCUT2D eigenvalue weighted by Crippen LogP contribution is 2.22. The van der Waals surface area contributed by atoms with Gasteiger partial charge in [-0.3, -0.25) is 9.78 Å². The van der Waals surface area contributed by atoms with Crippen LogP contribution < -0.4 is 5.32 Å². The van der Waals surface area contributed by atoms with Crippen molar-refractivity contribution in [3.63, 3.8) is 0 Å². The van der Waals surface area contributed by atoms with Crippen molar-refractivity contribution in [1.82, 2.24) is 4.98 Å². The number of hydrogen-bond acceptors (Lipinski definition) is 3. The Balaban J connectivity index is 2.36. The molecule has 0 radical (unpaired) electrons. The minimum absolute atomic E-state index is 0.0280. The molecule has 0 fully saturated rings. The Labute approximate surface area is 122 Å². The highest BCUT2D eigenvalue weighted by Gasteiger charge is 2.18. The molecule has 8 heteroatoms. The second-order valence-electron chi connectivity index (χ2n) is 3.93. The fourth-order valence-electron chi connectivity index (χ4n) is 1.54. The molecule has 0 unspecified atom stereocenters. The summed E-state index contributed by atoms with van der Waals surface area (Å²) in [7, 11) is 0. The predicted octanol–water partition coefficient (Wildman–Crippen LogP) is 2.96. The van der Waals surface area contributed by atoms with E-state index in [0.29, 0.717) is 12.1 Å². The lowest BCUT2D eigenvalue weighted by Crippen LogP contribution is -2.15. The molecule has 0 aliphatic heterocycles. The number of amides is 1. The molecular weight excluding hydrogens is 306 g/mol. The largest absolute Gasteiger partial charge is 0.478 e. The molecule has 0 saturated carbocycles. The first-order valence-corrected chi connectivity index (χ1v) is 5.91. The van der Waals surface area contributed by atoms with Crippen molar-refractivity contribution in [2.24, 2.45) is 0 Å². The number of aromatic carboxylic acids is 1. The smallest absolute Gasteiger partial charge is 0.338 e. The van der Waals surface area contributed by atoms with E-state index in [0.717, 1.165) is 6.20 Å². The van der Waals surface area contributed by atoms with E-state index in [1.807, 2.05) is 0 Å². The number of pyridine rings is 1. The third-order valence-corrected chi connectivity index (χ3v) is 2.88. The molecule has 0 bridgehead atoms. The number of carbonyl (C=O) groups is 2. The number of halogens is 3. The van der Waals surface area contributed by atoms with Gasteiger partial charge in [-0.2, -0.15) is 0 Å². The lowest BCUT2D eigenvalue weighted by molar-refractivity contribution is 0.0691. The molecule has 5 nitrogen and oxygen atoms in total. The fourth-order valence-corrected chi connectivity index (χ4v) is 1.73. The molecule has 0 atom stereocenters. The topological polar surface area (TPSA) is 79.3 Å². The van der Waals surface area contributed by atoms with E-state index in [2.05, 4.69) is 10.3 Å². The summed E-state index contributed by atoms with van der Waals surface area (Å²) in [5, 5.41) is 11.0. The van der Waals surface area contributed by atoms with E-state index in [4.69, 9.17) is 16.7 Å². The van der Waals surface area contributed by atoms with Crippen LogP contribution in [0.4, 0.5) is 14.5 Å². The van der Waals surface area contributed by atoms with Gasteiger partial charge in [0.25, 0.3) is 5.91 Å². The maximum atomic E-state index is 13.6. The van der Waals surface area contributed by atoms with Gasteiger partial charge in [-0.15, -0.1) is 0 Å². The molecule has 1 heterocycles. The Bertz CT molecular complexity index is 737. The van der Waals surface area contributed by atoms with Crippen molar-refractivity contribution in [1.29, 1.82) is 0 Å². The van der Waals surface area contributed by atoms with Gasteiger partial charge >= 0.3 is 5.97 Å². The third-order valence-electron chi connectivity index (χ3n) is 2.55. The molecule has 2 rings (SSSR count). The van der Waals surface area contributed by atoms with E-state index >= 15 is 0 Å². The molecule has 2 aromatic rings. The van der Waals surface area contributed by atoms with E-state index in [1.165, 1.54) is 12.3 Å². The Morgan fingerprint density at radius 3 is 2.52 bits per heavy atom. The first-order valence-electron chi connectivity index (χ1n) is 5.53. The number of carboxylic acids is 1. The van der Waals surface area contributed by atoms with Crippen LogP contribution in [0.1, 0.15) is 20.7 Å². The summed E-state index contributed by atoms with van der Waals surface area (Å²) in [5.41, 5.74) is -1.26. The van der Waals surface area contributed by atoms with Crippen molar-refractivity contribution in [2.45, 2.75) is 0 Å². The molecule has 1 amide bonds. The van der Waals surface area contributed by atoms with Crippen LogP contribution in [-0.2, 0) is 0 Å². The minimum atomic E-state index is -1.58. The Kier molecular flexibility index (Phi) is 4.13. The van der Waals surface area contributed by atoms with Gasteiger partial charge in [-0.25, -0.2) is 13.6 Å². The normalized spacial score (nSPS) is 10.2. The summed E-state index contributed by atoms with van der Waals surface area (Å²) >= 11 is 5.78. The van der Waals surface area contributed by atoms with Crippen LogP contribution in [0.15, 0.2) is 30.6 Å². The average Bonchev–Trinajstić information content (AvgIpc) is 2.41. The molecular formula is C13H7ClF2N2O3. The summed E-state index contributed by atoms with van der Waals surface area (Å²) in [4.78, 5) is 26.4. The lowest BCUT2D eigenvalue weighted by Gasteiger charge is -2.09. The van der Waals surface area contributed by atoms with E-state index < -0.39 is 34.8 Å². The fraction of sp³-hybridized carbons (Fsp3) is 0. The molecule has 21 heavy (non-hydrogen) atoms. The van der Waals surface area contributed by atoms with Crippen molar-refractivity contribution in [2.75, 3.05) is 5.32 Å². The molecule has 0 aliphatic rings. The number of nitrogens with one attached hydrogen (secondary N) is 1. The van der Waals surface area contributed by atoms with Crippen molar-refractivity contribution < 1.29 is 23.5 Å². The molecule has 108 valence electrons. The maximum absolute atomic E-state index is 13.6. The monoisotopic (exact) mass is 312 g/mol. The van der Waals surface area contributed by atoms with Crippen LogP contribution >= 0.6 is 11.6 Å². The number of rotatable bonds is 3. The van der Waals surface area contributed by atoms with E-state index in [1.54, 1.807) is 0 Å². The number of benzene rings is 1. The molecule has 0 aliphatic carbocycles. The van der Waals surface area contributed by atoms with E-state index in [-0.39, 0.29) is 10.6 Å². The lowest BCUT2D eigenvalue weighted by atomic mass is 10.1. The quantitative estimate of drug-likeness (QED) is 0.913. The van der Waals surface area contributed by atoms with Gasteiger partial charge in [0.1, 0.15) is 11.6 Å². The molecule has 0 saturated heterocycles. The Morgan fingerprint density at radius 2 is 1.90 bits per heavy atom. The van der Waals surface area contributed by atoms with Crippen molar-refractivity contribution in [3.8, 4) is 0 Å². The molecule has 2 N–H and O–H groups in total. The van der Waals surface area contributed by atoms with Crippen LogP contribution in [-0.4, -0.2) is 22.0 Å². The van der Waals surface area contributed by atoms with Crippen molar-refractivity contribution >= 4 is 29.2 Å². The van der Waals surface area contributed by atoms with Crippen LogP contribution in [0.25, 0.3) is 0 Å². The standard InChI is InChI=1S/C13H7ClF2N2O3/c14-8-1-2-17-5-7(8)12(19)18-11-3-6(13(20)21)9(15)4-10(11)16/h1-5H,(H,18,19)(H,20,21). The summed E-state index contributed by atoms with van der Waals surface area (Å²) in [5.74, 6) is -4.72. The summed E-state index contributed by atoms with van der Waals surface area (Å²) in [6, 6.07) is 2.43. The molecule has 1 aromatic carbocycles. The van der Waals surface area contributed by atoms with Gasteiger partial charge in [0, 0.05) is 18.5 Å². The first kappa shape index (κ1) is 14.9.